The molecule has 160 valence electrons. The van der Waals surface area contributed by atoms with Crippen LogP contribution in [-0.2, 0) is 15.2 Å². The van der Waals surface area contributed by atoms with Gasteiger partial charge in [-0.25, -0.2) is 9.18 Å². The van der Waals surface area contributed by atoms with E-state index in [-0.39, 0.29) is 16.3 Å². The lowest BCUT2D eigenvalue weighted by Crippen LogP contribution is -2.42. The minimum Gasteiger partial charge on any atom is -0.465 e. The number of alkyl halides is 3. The number of hydrogen-bond acceptors (Lipinski definition) is 4. The van der Waals surface area contributed by atoms with Crippen molar-refractivity contribution in [2.45, 2.75) is 11.8 Å². The van der Waals surface area contributed by atoms with E-state index in [2.05, 4.69) is 5.48 Å². The van der Waals surface area contributed by atoms with Gasteiger partial charge >= 0.3 is 12.1 Å². The Balaban J connectivity index is 1.92. The van der Waals surface area contributed by atoms with Gasteiger partial charge in [-0.2, -0.15) is 13.2 Å². The number of halogens is 5. The molecule has 1 atom stereocenters. The molecule has 4 rings (SSSR count). The fourth-order valence-corrected chi connectivity index (χ4v) is 3.79. The second-order valence-electron chi connectivity index (χ2n) is 6.85. The van der Waals surface area contributed by atoms with Crippen molar-refractivity contribution < 1.29 is 31.9 Å². The van der Waals surface area contributed by atoms with Crippen LogP contribution in [0, 0.1) is 5.82 Å². The Hall–Kier alpha value is -3.10. The smallest absolute Gasteiger partial charge is 0.428 e. The lowest BCUT2D eigenvalue weighted by atomic mass is 9.90. The van der Waals surface area contributed by atoms with Crippen molar-refractivity contribution in [3.05, 3.63) is 88.2 Å². The summed E-state index contributed by atoms with van der Waals surface area (Å²) < 4.78 is 61.0. The van der Waals surface area contributed by atoms with E-state index in [1.165, 1.54) is 19.2 Å². The van der Waals surface area contributed by atoms with Crippen LogP contribution in [0.5, 0.6) is 0 Å². The number of carbonyl (C=O) groups is 1. The maximum absolute atomic E-state index is 14.1. The number of hydroxylamine groups is 1. The number of nitrogens with one attached hydrogen (secondary N) is 1. The zero-order valence-electron chi connectivity index (χ0n) is 15.9. The van der Waals surface area contributed by atoms with Gasteiger partial charge in [-0.15, -0.1) is 0 Å². The molecule has 0 fully saturated rings. The summed E-state index contributed by atoms with van der Waals surface area (Å²) in [5.41, 5.74) is -0.524. The van der Waals surface area contributed by atoms with Crippen LogP contribution in [0.1, 0.15) is 21.5 Å². The van der Waals surface area contributed by atoms with Crippen LogP contribution in [-0.4, -0.2) is 19.3 Å². The standard InChI is InChI=1S/C22H14ClF4NO3/c1-30-20(29)18-7-6-17(15-4-2-3-5-16(15)18)19-11-21(31-28-19,22(25,26)27)12-8-13(23)10-14(24)9-12/h2-11,28H,1H3. The highest BCUT2D eigenvalue weighted by Crippen LogP contribution is 2.48. The van der Waals surface area contributed by atoms with Gasteiger partial charge in [0, 0.05) is 16.1 Å². The average Bonchev–Trinajstić information content (AvgIpc) is 3.18. The SMILES string of the molecule is COC(=O)c1ccc(C2=CC(c3cc(F)cc(Cl)c3)(C(F)(F)F)ON2)c2ccccc12. The number of fused-ring (bicyclic) bond motifs is 1. The van der Waals surface area contributed by atoms with Gasteiger partial charge in [0.05, 0.1) is 18.4 Å². The molecule has 0 aromatic heterocycles. The molecule has 0 saturated heterocycles. The maximum Gasteiger partial charge on any atom is 0.428 e. The van der Waals surface area contributed by atoms with E-state index < -0.39 is 29.1 Å². The largest absolute Gasteiger partial charge is 0.465 e. The molecule has 1 unspecified atom stereocenters. The van der Waals surface area contributed by atoms with E-state index in [0.29, 0.717) is 16.3 Å². The van der Waals surface area contributed by atoms with E-state index in [1.807, 2.05) is 0 Å². The van der Waals surface area contributed by atoms with Gasteiger partial charge in [0.2, 0.25) is 5.60 Å². The maximum atomic E-state index is 14.1. The van der Waals surface area contributed by atoms with Crippen molar-refractivity contribution in [3.8, 4) is 0 Å². The minimum atomic E-state index is -4.93. The molecular formula is C22H14ClF4NO3. The van der Waals surface area contributed by atoms with Crippen molar-refractivity contribution in [3.63, 3.8) is 0 Å². The number of ether oxygens (including phenoxy) is 1. The summed E-state index contributed by atoms with van der Waals surface area (Å²) in [7, 11) is 1.24. The normalized spacial score (nSPS) is 18.6. The van der Waals surface area contributed by atoms with E-state index >= 15 is 0 Å². The average molecular weight is 452 g/mol. The molecule has 0 bridgehead atoms. The van der Waals surface area contributed by atoms with Crippen LogP contribution >= 0.6 is 11.6 Å². The number of methoxy groups -OCH3 is 1. The molecule has 4 nitrogen and oxygen atoms in total. The summed E-state index contributed by atoms with van der Waals surface area (Å²) in [6.07, 6.45) is -4.10. The molecule has 0 saturated carbocycles. The summed E-state index contributed by atoms with van der Waals surface area (Å²) in [5, 5.41) is 0.799. The highest BCUT2D eigenvalue weighted by atomic mass is 35.5. The van der Waals surface area contributed by atoms with E-state index in [0.717, 1.165) is 24.3 Å². The molecular weight excluding hydrogens is 438 g/mol. The monoisotopic (exact) mass is 451 g/mol. The fourth-order valence-electron chi connectivity index (χ4n) is 3.57. The molecule has 31 heavy (non-hydrogen) atoms. The van der Waals surface area contributed by atoms with Gasteiger partial charge in [0.15, 0.2) is 0 Å². The predicted octanol–water partition coefficient (Wildman–Crippen LogP) is 5.75. The first kappa shape index (κ1) is 21.1. The quantitative estimate of drug-likeness (QED) is 0.407. The summed E-state index contributed by atoms with van der Waals surface area (Å²) in [5.74, 6) is -1.50. The molecule has 1 heterocycles. The molecule has 9 heteroatoms. The number of hydrogen-bond donors (Lipinski definition) is 1. The van der Waals surface area contributed by atoms with Crippen LogP contribution in [0.4, 0.5) is 17.6 Å². The second-order valence-corrected chi connectivity index (χ2v) is 7.29. The molecule has 1 aliphatic rings. The van der Waals surface area contributed by atoms with Crippen molar-refractivity contribution in [2.24, 2.45) is 0 Å². The first-order valence-corrected chi connectivity index (χ1v) is 9.35. The number of esters is 1. The number of rotatable bonds is 3. The van der Waals surface area contributed by atoms with Gasteiger partial charge in [-0.1, -0.05) is 41.9 Å². The number of benzene rings is 3. The lowest BCUT2D eigenvalue weighted by molar-refractivity contribution is -0.269. The fraction of sp³-hybridized carbons (Fsp3) is 0.136. The summed E-state index contributed by atoms with van der Waals surface area (Å²) in [6, 6.07) is 12.3. The molecule has 1 N–H and O–H groups in total. The van der Waals surface area contributed by atoms with Crippen LogP contribution in [0.15, 0.2) is 60.7 Å². The number of carbonyl (C=O) groups excluding carboxylic acids is 1. The molecule has 0 aliphatic carbocycles. The Labute approximate surface area is 179 Å². The van der Waals surface area contributed by atoms with Crippen LogP contribution in [0.2, 0.25) is 5.02 Å². The van der Waals surface area contributed by atoms with Crippen molar-refractivity contribution in [1.29, 1.82) is 0 Å². The van der Waals surface area contributed by atoms with E-state index in [1.54, 1.807) is 24.3 Å². The van der Waals surface area contributed by atoms with Gasteiger partial charge in [0.25, 0.3) is 0 Å². The predicted molar refractivity (Wildman–Crippen MR) is 107 cm³/mol. The van der Waals surface area contributed by atoms with Crippen LogP contribution in [0.25, 0.3) is 16.5 Å². The highest BCUT2D eigenvalue weighted by molar-refractivity contribution is 6.30. The Morgan fingerprint density at radius 1 is 1.10 bits per heavy atom. The molecule has 3 aromatic carbocycles. The Kier molecular flexibility index (Phi) is 5.15. The highest BCUT2D eigenvalue weighted by Gasteiger charge is 2.59. The summed E-state index contributed by atoms with van der Waals surface area (Å²) >= 11 is 5.79. The van der Waals surface area contributed by atoms with Crippen LogP contribution in [0.3, 0.4) is 0 Å². The summed E-state index contributed by atoms with van der Waals surface area (Å²) in [6.45, 7) is 0. The van der Waals surface area contributed by atoms with Crippen molar-refractivity contribution in [2.75, 3.05) is 7.11 Å². The molecule has 0 amide bonds. The third-order valence-corrected chi connectivity index (χ3v) is 5.22. The second kappa shape index (κ2) is 7.55. The molecule has 0 radical (unpaired) electrons. The third kappa shape index (κ3) is 3.51. The van der Waals surface area contributed by atoms with Gasteiger partial charge in [-0.05, 0) is 41.1 Å². The van der Waals surface area contributed by atoms with Crippen molar-refractivity contribution >= 4 is 34.0 Å². The summed E-state index contributed by atoms with van der Waals surface area (Å²) in [4.78, 5) is 17.1. The minimum absolute atomic E-state index is 0.00493. The topological polar surface area (TPSA) is 47.6 Å². The zero-order chi connectivity index (χ0) is 22.4. The van der Waals surface area contributed by atoms with E-state index in [4.69, 9.17) is 21.2 Å². The molecule has 1 aliphatic heterocycles. The zero-order valence-corrected chi connectivity index (χ0v) is 16.6. The first-order valence-electron chi connectivity index (χ1n) is 8.97. The van der Waals surface area contributed by atoms with Gasteiger partial charge in [-0.3, -0.25) is 10.3 Å². The Bertz CT molecular complexity index is 1200. The molecule has 3 aromatic rings. The van der Waals surface area contributed by atoms with Gasteiger partial charge in [0.1, 0.15) is 5.82 Å². The molecule has 0 spiro atoms. The van der Waals surface area contributed by atoms with Crippen LogP contribution < -0.4 is 5.48 Å². The Morgan fingerprint density at radius 3 is 2.45 bits per heavy atom. The van der Waals surface area contributed by atoms with E-state index in [9.17, 15) is 22.4 Å². The van der Waals surface area contributed by atoms with Crippen molar-refractivity contribution in [1.82, 2.24) is 5.48 Å². The lowest BCUT2D eigenvalue weighted by Gasteiger charge is -2.28. The Morgan fingerprint density at radius 2 is 1.81 bits per heavy atom. The van der Waals surface area contributed by atoms with Gasteiger partial charge < -0.3 is 4.74 Å². The third-order valence-electron chi connectivity index (χ3n) is 5.00. The first-order chi connectivity index (χ1) is 14.7.